The van der Waals surface area contributed by atoms with Crippen LogP contribution >= 0.6 is 0 Å². The summed E-state index contributed by atoms with van der Waals surface area (Å²) in [4.78, 5) is 4.21. The molecule has 3 heteroatoms. The number of nitrogens with zero attached hydrogens (tertiary/aromatic N) is 2. The maximum atomic E-state index is 4.21. The van der Waals surface area contributed by atoms with Gasteiger partial charge in [-0.25, -0.2) is 9.50 Å². The molecule has 0 unspecified atom stereocenters. The number of rotatable bonds is 1. The van der Waals surface area contributed by atoms with Gasteiger partial charge in [0, 0.05) is 18.5 Å². The Morgan fingerprint density at radius 2 is 2.00 bits per heavy atom. The first kappa shape index (κ1) is 8.29. The van der Waals surface area contributed by atoms with Gasteiger partial charge in [0.1, 0.15) is 0 Å². The predicted molar refractivity (Wildman–Crippen MR) is 59.7 cm³/mol. The fourth-order valence-corrected chi connectivity index (χ4v) is 1.69. The minimum Gasteiger partial charge on any atom is -0.292 e. The van der Waals surface area contributed by atoms with E-state index in [1.54, 1.807) is 6.20 Å². The Morgan fingerprint density at radius 1 is 1.20 bits per heavy atom. The van der Waals surface area contributed by atoms with E-state index in [9.17, 15) is 0 Å². The second-order valence-corrected chi connectivity index (χ2v) is 3.69. The zero-order chi connectivity index (χ0) is 10.3. The van der Waals surface area contributed by atoms with Crippen LogP contribution in [0, 0.1) is 6.92 Å². The summed E-state index contributed by atoms with van der Waals surface area (Å²) in [5, 5.41) is 3.27. The molecule has 74 valence electrons. The van der Waals surface area contributed by atoms with Crippen LogP contribution in [-0.2, 0) is 0 Å². The van der Waals surface area contributed by atoms with Crippen LogP contribution in [0.25, 0.3) is 16.9 Å². The van der Waals surface area contributed by atoms with Crippen molar-refractivity contribution in [3.05, 3.63) is 48.3 Å². The third-order valence-corrected chi connectivity index (χ3v) is 2.55. The highest BCUT2D eigenvalue weighted by Gasteiger charge is 2.02. The number of aromatic amines is 1. The molecule has 0 aliphatic carbocycles. The van der Waals surface area contributed by atoms with Gasteiger partial charge in [0.15, 0.2) is 5.65 Å². The molecule has 0 radical (unpaired) electrons. The molecule has 3 aromatic rings. The Kier molecular flexibility index (Phi) is 1.65. The van der Waals surface area contributed by atoms with Gasteiger partial charge in [0.05, 0.1) is 5.69 Å². The van der Waals surface area contributed by atoms with Crippen LogP contribution in [0.2, 0.25) is 0 Å². The molecule has 2 heterocycles. The van der Waals surface area contributed by atoms with Crippen molar-refractivity contribution < 1.29 is 0 Å². The number of nitrogens with one attached hydrogen (secondary N) is 1. The van der Waals surface area contributed by atoms with Crippen LogP contribution in [0.5, 0.6) is 0 Å². The van der Waals surface area contributed by atoms with Gasteiger partial charge in [-0.05, 0) is 12.5 Å². The van der Waals surface area contributed by atoms with Crippen molar-refractivity contribution in [2.24, 2.45) is 0 Å². The Morgan fingerprint density at radius 3 is 2.73 bits per heavy atom. The second kappa shape index (κ2) is 2.98. The summed E-state index contributed by atoms with van der Waals surface area (Å²) in [7, 11) is 0. The van der Waals surface area contributed by atoms with Gasteiger partial charge in [-0.15, -0.1) is 0 Å². The molecule has 0 aliphatic heterocycles. The average molecular weight is 197 g/mol. The lowest BCUT2D eigenvalue weighted by Gasteiger charge is -1.97. The zero-order valence-corrected chi connectivity index (χ0v) is 8.44. The van der Waals surface area contributed by atoms with Gasteiger partial charge in [-0.1, -0.05) is 29.8 Å². The van der Waals surface area contributed by atoms with Crippen LogP contribution in [0.1, 0.15) is 5.56 Å². The number of benzene rings is 1. The summed E-state index contributed by atoms with van der Waals surface area (Å²) in [5.74, 6) is 0. The van der Waals surface area contributed by atoms with E-state index in [2.05, 4.69) is 41.3 Å². The number of H-pyrrole nitrogens is 1. The Balaban J connectivity index is 2.13. The van der Waals surface area contributed by atoms with E-state index in [0.717, 1.165) is 11.3 Å². The van der Waals surface area contributed by atoms with Crippen molar-refractivity contribution in [1.29, 1.82) is 0 Å². The minimum atomic E-state index is 0.950. The molecule has 0 spiro atoms. The van der Waals surface area contributed by atoms with Crippen LogP contribution in [0.15, 0.2) is 42.7 Å². The molecule has 0 saturated heterocycles. The molecular formula is C12H11N3. The molecular weight excluding hydrogens is 186 g/mol. The van der Waals surface area contributed by atoms with Crippen LogP contribution in [0.4, 0.5) is 0 Å². The lowest BCUT2D eigenvalue weighted by molar-refractivity contribution is 0.978. The molecule has 1 N–H and O–H groups in total. The molecule has 3 rings (SSSR count). The van der Waals surface area contributed by atoms with Crippen molar-refractivity contribution >= 4 is 5.65 Å². The second-order valence-electron chi connectivity index (χ2n) is 3.69. The van der Waals surface area contributed by atoms with Crippen molar-refractivity contribution in [1.82, 2.24) is 14.6 Å². The van der Waals surface area contributed by atoms with Gasteiger partial charge < -0.3 is 0 Å². The molecule has 0 fully saturated rings. The van der Waals surface area contributed by atoms with Crippen molar-refractivity contribution in [3.8, 4) is 11.3 Å². The first-order valence-corrected chi connectivity index (χ1v) is 4.92. The summed E-state index contributed by atoms with van der Waals surface area (Å²) >= 11 is 0. The summed E-state index contributed by atoms with van der Waals surface area (Å²) in [6, 6.07) is 10.5. The maximum Gasteiger partial charge on any atom is 0.153 e. The van der Waals surface area contributed by atoms with Gasteiger partial charge in [0.25, 0.3) is 0 Å². The van der Waals surface area contributed by atoms with E-state index in [0.29, 0.717) is 0 Å². The molecule has 3 nitrogen and oxygen atoms in total. The predicted octanol–water partition coefficient (Wildman–Crippen LogP) is 2.64. The number of hydrogen-bond acceptors (Lipinski definition) is 1. The number of aromatic nitrogens is 3. The normalized spacial score (nSPS) is 11.0. The van der Waals surface area contributed by atoms with Crippen LogP contribution in [-0.4, -0.2) is 14.6 Å². The summed E-state index contributed by atoms with van der Waals surface area (Å²) < 4.78 is 1.91. The Labute approximate surface area is 87.4 Å². The lowest BCUT2D eigenvalue weighted by Crippen LogP contribution is -1.82. The van der Waals surface area contributed by atoms with Crippen molar-refractivity contribution in [2.45, 2.75) is 6.92 Å². The third kappa shape index (κ3) is 1.32. The Bertz CT molecular complexity index is 558. The van der Waals surface area contributed by atoms with Gasteiger partial charge >= 0.3 is 0 Å². The minimum absolute atomic E-state index is 0.950. The van der Waals surface area contributed by atoms with Gasteiger partial charge in [0.2, 0.25) is 0 Å². The molecule has 0 amide bonds. The monoisotopic (exact) mass is 197 g/mol. The fourth-order valence-electron chi connectivity index (χ4n) is 1.69. The number of hydrogen-bond donors (Lipinski definition) is 1. The summed E-state index contributed by atoms with van der Waals surface area (Å²) in [6.45, 7) is 2.09. The quantitative estimate of drug-likeness (QED) is 0.639. The van der Waals surface area contributed by atoms with E-state index in [4.69, 9.17) is 0 Å². The number of fused-ring (bicyclic) bond motifs is 1. The fraction of sp³-hybridized carbons (Fsp3) is 0.0833. The van der Waals surface area contributed by atoms with E-state index in [1.807, 2.05) is 16.8 Å². The maximum absolute atomic E-state index is 4.21. The molecule has 0 bridgehead atoms. The van der Waals surface area contributed by atoms with Gasteiger partial charge in [-0.3, -0.25) is 5.10 Å². The molecule has 0 atom stereocenters. The summed E-state index contributed by atoms with van der Waals surface area (Å²) in [5.41, 5.74) is 4.50. The number of aryl methyl sites for hydroxylation is 1. The largest absolute Gasteiger partial charge is 0.292 e. The topological polar surface area (TPSA) is 33.1 Å². The average Bonchev–Trinajstić information content (AvgIpc) is 2.78. The third-order valence-electron chi connectivity index (χ3n) is 2.55. The molecule has 1 aromatic carbocycles. The highest BCUT2D eigenvalue weighted by Crippen LogP contribution is 2.19. The van der Waals surface area contributed by atoms with Crippen molar-refractivity contribution in [2.75, 3.05) is 0 Å². The first-order valence-electron chi connectivity index (χ1n) is 4.92. The first-order chi connectivity index (χ1) is 7.33. The molecule has 15 heavy (non-hydrogen) atoms. The smallest absolute Gasteiger partial charge is 0.153 e. The van der Waals surface area contributed by atoms with Crippen molar-refractivity contribution in [3.63, 3.8) is 0 Å². The van der Waals surface area contributed by atoms with E-state index in [-0.39, 0.29) is 0 Å². The standard InChI is InChI=1S/C12H11N3/c1-9-2-4-10(5-3-9)11-8-12-13-6-7-15(12)14-11/h2-8,14H,1H3. The Hall–Kier alpha value is -2.03. The van der Waals surface area contributed by atoms with E-state index < -0.39 is 0 Å². The molecule has 0 saturated carbocycles. The van der Waals surface area contributed by atoms with E-state index in [1.165, 1.54) is 11.1 Å². The SMILES string of the molecule is Cc1ccc(-c2cc3nccn3[nH]2)cc1. The number of imidazole rings is 1. The van der Waals surface area contributed by atoms with Crippen LogP contribution in [0.3, 0.4) is 0 Å². The summed E-state index contributed by atoms with van der Waals surface area (Å²) in [6.07, 6.45) is 3.69. The zero-order valence-electron chi connectivity index (χ0n) is 8.44. The van der Waals surface area contributed by atoms with Crippen LogP contribution < -0.4 is 0 Å². The lowest BCUT2D eigenvalue weighted by atomic mass is 10.1. The highest BCUT2D eigenvalue weighted by molar-refractivity contribution is 5.64. The molecule has 0 aliphatic rings. The van der Waals surface area contributed by atoms with E-state index >= 15 is 0 Å². The van der Waals surface area contributed by atoms with Gasteiger partial charge in [-0.2, -0.15) is 0 Å². The highest BCUT2D eigenvalue weighted by atomic mass is 15.3. The molecule has 2 aromatic heterocycles.